The molecule has 0 saturated heterocycles. The molecular formula is C40H31N3. The topological polar surface area (TPSA) is 13.1 Å². The highest BCUT2D eigenvalue weighted by Crippen LogP contribution is 2.38. The number of aryl methyl sites for hydroxylation is 2. The second-order valence-corrected chi connectivity index (χ2v) is 11.3. The Kier molecular flexibility index (Phi) is 5.90. The number of rotatable bonds is 5. The van der Waals surface area contributed by atoms with Gasteiger partial charge in [0, 0.05) is 50.8 Å². The van der Waals surface area contributed by atoms with E-state index in [2.05, 4.69) is 180 Å². The van der Waals surface area contributed by atoms with Crippen LogP contribution >= 0.6 is 0 Å². The van der Waals surface area contributed by atoms with Crippen molar-refractivity contribution in [1.29, 1.82) is 0 Å². The van der Waals surface area contributed by atoms with Crippen molar-refractivity contribution in [3.05, 3.63) is 163 Å². The van der Waals surface area contributed by atoms with Gasteiger partial charge in [-0.25, -0.2) is 0 Å². The summed E-state index contributed by atoms with van der Waals surface area (Å²) in [5, 5.41) is 3.76. The lowest BCUT2D eigenvalue weighted by molar-refractivity contribution is 1.12. The number of benzene rings is 6. The molecule has 2 heterocycles. The van der Waals surface area contributed by atoms with E-state index in [-0.39, 0.29) is 0 Å². The number of anilines is 3. The molecule has 0 spiro atoms. The number of aromatic nitrogens is 2. The molecule has 0 fully saturated rings. The second-order valence-electron chi connectivity index (χ2n) is 11.3. The minimum atomic E-state index is 1.12. The summed E-state index contributed by atoms with van der Waals surface area (Å²) in [4.78, 5) is 2.32. The van der Waals surface area contributed by atoms with Crippen LogP contribution < -0.4 is 4.90 Å². The van der Waals surface area contributed by atoms with Gasteiger partial charge < -0.3 is 14.0 Å². The molecule has 6 aromatic carbocycles. The average Bonchev–Trinajstić information content (AvgIpc) is 3.61. The molecule has 0 amide bonds. The molecule has 43 heavy (non-hydrogen) atoms. The molecule has 2 aromatic heterocycles. The van der Waals surface area contributed by atoms with E-state index in [0.29, 0.717) is 0 Å². The normalized spacial score (nSPS) is 11.5. The monoisotopic (exact) mass is 553 g/mol. The van der Waals surface area contributed by atoms with Gasteiger partial charge in [-0.15, -0.1) is 0 Å². The Morgan fingerprint density at radius 3 is 1.67 bits per heavy atom. The van der Waals surface area contributed by atoms with Gasteiger partial charge in [0.1, 0.15) is 0 Å². The summed E-state index contributed by atoms with van der Waals surface area (Å²) in [7, 11) is 0. The fraction of sp³-hybridized carbons (Fsp3) is 0.0500. The first kappa shape index (κ1) is 25.2. The van der Waals surface area contributed by atoms with Gasteiger partial charge in [0.05, 0.1) is 16.6 Å². The quantitative estimate of drug-likeness (QED) is 0.207. The summed E-state index contributed by atoms with van der Waals surface area (Å²) < 4.78 is 4.68. The maximum atomic E-state index is 2.40. The highest BCUT2D eigenvalue weighted by atomic mass is 15.1. The van der Waals surface area contributed by atoms with Gasteiger partial charge in [0.25, 0.3) is 0 Å². The summed E-state index contributed by atoms with van der Waals surface area (Å²) in [6.07, 6.45) is 2.17. The molecule has 0 N–H and O–H groups in total. The van der Waals surface area contributed by atoms with Crippen LogP contribution in [0.15, 0.2) is 152 Å². The predicted octanol–water partition coefficient (Wildman–Crippen LogP) is 10.8. The van der Waals surface area contributed by atoms with Crippen molar-refractivity contribution in [3.63, 3.8) is 0 Å². The van der Waals surface area contributed by atoms with E-state index in [9.17, 15) is 0 Å². The first-order valence-corrected chi connectivity index (χ1v) is 14.8. The zero-order valence-electron chi connectivity index (χ0n) is 24.3. The third kappa shape index (κ3) is 4.29. The Balaban J connectivity index is 1.30. The van der Waals surface area contributed by atoms with Crippen LogP contribution in [0.25, 0.3) is 44.1 Å². The van der Waals surface area contributed by atoms with E-state index in [1.807, 2.05) is 0 Å². The Morgan fingerprint density at radius 1 is 0.442 bits per heavy atom. The highest BCUT2D eigenvalue weighted by molar-refractivity contribution is 6.13. The number of fused-ring (bicyclic) bond motifs is 4. The van der Waals surface area contributed by atoms with Crippen LogP contribution in [0, 0.1) is 13.8 Å². The van der Waals surface area contributed by atoms with Gasteiger partial charge in [-0.2, -0.15) is 0 Å². The van der Waals surface area contributed by atoms with Crippen LogP contribution in [0.3, 0.4) is 0 Å². The van der Waals surface area contributed by atoms with E-state index in [1.54, 1.807) is 0 Å². The van der Waals surface area contributed by atoms with Crippen molar-refractivity contribution >= 4 is 49.8 Å². The van der Waals surface area contributed by atoms with Crippen molar-refractivity contribution in [2.45, 2.75) is 13.8 Å². The summed E-state index contributed by atoms with van der Waals surface area (Å²) in [5.41, 5.74) is 11.8. The lowest BCUT2D eigenvalue weighted by atomic mass is 10.1. The smallest absolute Gasteiger partial charge is 0.0562 e. The molecule has 3 nitrogen and oxygen atoms in total. The van der Waals surface area contributed by atoms with Crippen LogP contribution in [-0.2, 0) is 0 Å². The van der Waals surface area contributed by atoms with Gasteiger partial charge in [0.2, 0.25) is 0 Å². The van der Waals surface area contributed by atoms with Crippen LogP contribution in [0.4, 0.5) is 17.1 Å². The molecule has 3 heteroatoms. The van der Waals surface area contributed by atoms with Crippen molar-refractivity contribution in [2.75, 3.05) is 4.90 Å². The molecule has 0 atom stereocenters. The maximum Gasteiger partial charge on any atom is 0.0562 e. The van der Waals surface area contributed by atoms with Crippen LogP contribution in [0.2, 0.25) is 0 Å². The van der Waals surface area contributed by atoms with Crippen molar-refractivity contribution in [1.82, 2.24) is 9.13 Å². The fourth-order valence-electron chi connectivity index (χ4n) is 6.28. The second kappa shape index (κ2) is 10.1. The number of para-hydroxylation sites is 2. The minimum Gasteiger partial charge on any atom is -0.316 e. The van der Waals surface area contributed by atoms with Crippen molar-refractivity contribution in [3.8, 4) is 11.4 Å². The Morgan fingerprint density at radius 2 is 1.02 bits per heavy atom. The zero-order valence-corrected chi connectivity index (χ0v) is 24.3. The molecule has 0 unspecified atom stereocenters. The summed E-state index contributed by atoms with van der Waals surface area (Å²) in [6.45, 7) is 4.26. The van der Waals surface area contributed by atoms with Gasteiger partial charge >= 0.3 is 0 Å². The molecule has 0 aliphatic carbocycles. The molecule has 0 saturated carbocycles. The Hall–Kier alpha value is -5.54. The number of hydrogen-bond donors (Lipinski definition) is 0. The van der Waals surface area contributed by atoms with Gasteiger partial charge in [-0.05, 0) is 98.8 Å². The Labute approximate surface area is 251 Å². The third-order valence-electron chi connectivity index (χ3n) is 8.47. The van der Waals surface area contributed by atoms with Crippen LogP contribution in [-0.4, -0.2) is 9.13 Å². The SMILES string of the molecule is Cc1ccc(N(c2ccc(C)cc2)c2ccc(-n3c4ccccc4c4cc5ccn(-c6ccccc6)c5cc43)cc2)cc1. The predicted molar refractivity (Wildman–Crippen MR) is 182 cm³/mol. The largest absolute Gasteiger partial charge is 0.316 e. The number of hydrogen-bond acceptors (Lipinski definition) is 1. The lowest BCUT2D eigenvalue weighted by Crippen LogP contribution is -2.10. The van der Waals surface area contributed by atoms with Crippen molar-refractivity contribution in [2.24, 2.45) is 0 Å². The van der Waals surface area contributed by atoms with Crippen LogP contribution in [0.1, 0.15) is 11.1 Å². The molecule has 0 radical (unpaired) electrons. The van der Waals surface area contributed by atoms with E-state index < -0.39 is 0 Å². The van der Waals surface area contributed by atoms with E-state index in [0.717, 1.165) is 28.4 Å². The molecule has 0 aliphatic rings. The van der Waals surface area contributed by atoms with E-state index >= 15 is 0 Å². The van der Waals surface area contributed by atoms with E-state index in [4.69, 9.17) is 0 Å². The maximum absolute atomic E-state index is 2.40. The van der Waals surface area contributed by atoms with E-state index in [1.165, 1.54) is 43.8 Å². The van der Waals surface area contributed by atoms with Gasteiger partial charge in [0.15, 0.2) is 0 Å². The fourth-order valence-corrected chi connectivity index (χ4v) is 6.28. The molecule has 8 rings (SSSR count). The minimum absolute atomic E-state index is 1.12. The molecule has 206 valence electrons. The van der Waals surface area contributed by atoms with Gasteiger partial charge in [-0.1, -0.05) is 71.8 Å². The first-order valence-electron chi connectivity index (χ1n) is 14.8. The zero-order chi connectivity index (χ0) is 28.9. The van der Waals surface area contributed by atoms with Crippen molar-refractivity contribution < 1.29 is 0 Å². The molecule has 8 aromatic rings. The Bertz CT molecular complexity index is 2170. The van der Waals surface area contributed by atoms with Crippen LogP contribution in [0.5, 0.6) is 0 Å². The molecule has 0 aliphatic heterocycles. The highest BCUT2D eigenvalue weighted by Gasteiger charge is 2.17. The molecule has 0 bridgehead atoms. The summed E-state index contributed by atoms with van der Waals surface area (Å²) in [5.74, 6) is 0. The standard InChI is InChI=1S/C40H31N3/c1-28-12-16-32(17-13-28)42(33-18-14-29(2)15-19-33)34-20-22-35(23-21-34)43-38-11-7-6-10-36(38)37-26-30-24-25-41(39(30)27-40(37)43)31-8-4-3-5-9-31/h3-27H,1-2H3. The molecular weight excluding hydrogens is 522 g/mol. The number of nitrogens with zero attached hydrogens (tertiary/aromatic N) is 3. The first-order chi connectivity index (χ1) is 21.1. The lowest BCUT2D eigenvalue weighted by Gasteiger charge is -2.26. The third-order valence-corrected chi connectivity index (χ3v) is 8.47. The van der Waals surface area contributed by atoms with Gasteiger partial charge in [-0.3, -0.25) is 0 Å². The summed E-state index contributed by atoms with van der Waals surface area (Å²) in [6, 6.07) is 52.7. The summed E-state index contributed by atoms with van der Waals surface area (Å²) >= 11 is 0. The average molecular weight is 554 g/mol.